The maximum Gasteiger partial charge on any atom is 0.419 e. The van der Waals surface area contributed by atoms with Crippen molar-refractivity contribution < 1.29 is 13.2 Å². The lowest BCUT2D eigenvalue weighted by molar-refractivity contribution is -0.137. The van der Waals surface area contributed by atoms with Crippen molar-refractivity contribution in [1.82, 2.24) is 15.1 Å². The molecule has 18 heavy (non-hydrogen) atoms. The summed E-state index contributed by atoms with van der Waals surface area (Å²) in [5, 5.41) is 6.88. The number of nitrogens with zero attached hydrogens (tertiary/aromatic N) is 2. The van der Waals surface area contributed by atoms with Gasteiger partial charge in [0.15, 0.2) is 0 Å². The van der Waals surface area contributed by atoms with Gasteiger partial charge in [0.05, 0.1) is 18.3 Å². The number of aromatic nitrogens is 2. The molecule has 0 amide bonds. The van der Waals surface area contributed by atoms with E-state index in [0.717, 1.165) is 25.4 Å². The standard InChI is InChI=1S/C12H20F3N3/c1-11(2,3)4-5-16-6-7-18-9-10(8-17-18)12(13,14)15/h8-9,16H,4-7H2,1-3H3. The zero-order valence-corrected chi connectivity index (χ0v) is 11.0. The van der Waals surface area contributed by atoms with Crippen molar-refractivity contribution in [3.05, 3.63) is 18.0 Å². The maximum atomic E-state index is 12.3. The van der Waals surface area contributed by atoms with Crippen LogP contribution in [0.4, 0.5) is 13.2 Å². The van der Waals surface area contributed by atoms with E-state index in [-0.39, 0.29) is 5.41 Å². The molecule has 0 unspecified atom stereocenters. The smallest absolute Gasteiger partial charge is 0.315 e. The molecular weight excluding hydrogens is 243 g/mol. The van der Waals surface area contributed by atoms with Crippen LogP contribution in [0.5, 0.6) is 0 Å². The van der Waals surface area contributed by atoms with Crippen LogP contribution in [0.25, 0.3) is 0 Å². The van der Waals surface area contributed by atoms with Gasteiger partial charge in [0.2, 0.25) is 0 Å². The number of hydrogen-bond acceptors (Lipinski definition) is 2. The second-order valence-corrected chi connectivity index (χ2v) is 5.55. The van der Waals surface area contributed by atoms with Crippen molar-refractivity contribution in [3.63, 3.8) is 0 Å². The number of hydrogen-bond donors (Lipinski definition) is 1. The van der Waals surface area contributed by atoms with Crippen molar-refractivity contribution >= 4 is 0 Å². The Hall–Kier alpha value is -1.04. The average molecular weight is 263 g/mol. The lowest BCUT2D eigenvalue weighted by Crippen LogP contribution is -2.24. The quantitative estimate of drug-likeness (QED) is 0.828. The minimum atomic E-state index is -4.31. The highest BCUT2D eigenvalue weighted by atomic mass is 19.4. The van der Waals surface area contributed by atoms with Crippen LogP contribution < -0.4 is 5.32 Å². The average Bonchev–Trinajstić information content (AvgIpc) is 2.63. The molecule has 104 valence electrons. The molecule has 0 aromatic carbocycles. The van der Waals surface area contributed by atoms with E-state index in [9.17, 15) is 13.2 Å². The number of halogens is 3. The van der Waals surface area contributed by atoms with Crippen LogP contribution in [0, 0.1) is 5.41 Å². The molecule has 0 aliphatic heterocycles. The summed E-state index contributed by atoms with van der Waals surface area (Å²) in [7, 11) is 0. The summed E-state index contributed by atoms with van der Waals surface area (Å²) < 4.78 is 38.2. The number of alkyl halides is 3. The lowest BCUT2D eigenvalue weighted by Gasteiger charge is -2.18. The zero-order valence-electron chi connectivity index (χ0n) is 11.0. The second-order valence-electron chi connectivity index (χ2n) is 5.55. The summed E-state index contributed by atoms with van der Waals surface area (Å²) in [6.45, 7) is 8.37. The molecule has 0 aliphatic rings. The van der Waals surface area contributed by atoms with Gasteiger partial charge in [-0.3, -0.25) is 4.68 Å². The Labute approximate surface area is 105 Å². The van der Waals surface area contributed by atoms with E-state index in [2.05, 4.69) is 31.2 Å². The molecule has 0 atom stereocenters. The number of rotatable bonds is 5. The van der Waals surface area contributed by atoms with Crippen molar-refractivity contribution in [2.45, 2.75) is 39.9 Å². The minimum Gasteiger partial charge on any atom is -0.315 e. The molecule has 1 N–H and O–H groups in total. The van der Waals surface area contributed by atoms with Crippen molar-refractivity contribution in [3.8, 4) is 0 Å². The summed E-state index contributed by atoms with van der Waals surface area (Å²) in [5.74, 6) is 0. The first kappa shape index (κ1) is 15.0. The van der Waals surface area contributed by atoms with E-state index in [1.54, 1.807) is 0 Å². The van der Waals surface area contributed by atoms with Crippen LogP contribution >= 0.6 is 0 Å². The molecule has 1 aromatic heterocycles. The number of nitrogens with one attached hydrogen (secondary N) is 1. The van der Waals surface area contributed by atoms with Gasteiger partial charge in [-0.1, -0.05) is 20.8 Å². The van der Waals surface area contributed by atoms with E-state index < -0.39 is 11.7 Å². The van der Waals surface area contributed by atoms with Crippen LogP contribution in [0.15, 0.2) is 12.4 Å². The highest BCUT2D eigenvalue weighted by Gasteiger charge is 2.32. The summed E-state index contributed by atoms with van der Waals surface area (Å²) in [6.07, 6.45) is -1.39. The Balaban J connectivity index is 2.26. The molecule has 1 heterocycles. The van der Waals surface area contributed by atoms with Crippen molar-refractivity contribution in [2.75, 3.05) is 13.1 Å². The predicted molar refractivity (Wildman–Crippen MR) is 64.2 cm³/mol. The molecule has 0 bridgehead atoms. The Morgan fingerprint density at radius 3 is 2.39 bits per heavy atom. The van der Waals surface area contributed by atoms with E-state index in [0.29, 0.717) is 13.1 Å². The Bertz CT molecular complexity index is 363. The lowest BCUT2D eigenvalue weighted by atomic mass is 9.92. The fourth-order valence-corrected chi connectivity index (χ4v) is 1.41. The van der Waals surface area contributed by atoms with Gasteiger partial charge in [-0.15, -0.1) is 0 Å². The highest BCUT2D eigenvalue weighted by Crippen LogP contribution is 2.28. The van der Waals surface area contributed by atoms with Gasteiger partial charge in [-0.25, -0.2) is 0 Å². The third kappa shape index (κ3) is 5.53. The molecule has 0 fully saturated rings. The molecule has 0 spiro atoms. The van der Waals surface area contributed by atoms with Crippen LogP contribution in [0.1, 0.15) is 32.8 Å². The van der Waals surface area contributed by atoms with Gasteiger partial charge < -0.3 is 5.32 Å². The predicted octanol–water partition coefficient (Wildman–Crippen LogP) is 2.93. The topological polar surface area (TPSA) is 29.9 Å². The molecule has 0 saturated heterocycles. The van der Waals surface area contributed by atoms with Crippen LogP contribution in [-0.4, -0.2) is 22.9 Å². The Kier molecular flexibility index (Phi) is 4.78. The molecule has 0 saturated carbocycles. The van der Waals surface area contributed by atoms with E-state index in [4.69, 9.17) is 0 Å². The third-order valence-electron chi connectivity index (χ3n) is 2.53. The third-order valence-corrected chi connectivity index (χ3v) is 2.53. The molecule has 3 nitrogen and oxygen atoms in total. The van der Waals surface area contributed by atoms with E-state index >= 15 is 0 Å². The van der Waals surface area contributed by atoms with Crippen molar-refractivity contribution in [1.29, 1.82) is 0 Å². The van der Waals surface area contributed by atoms with Gasteiger partial charge in [0.25, 0.3) is 0 Å². The highest BCUT2D eigenvalue weighted by molar-refractivity contribution is 5.08. The van der Waals surface area contributed by atoms with Crippen LogP contribution in [0.3, 0.4) is 0 Å². The maximum absolute atomic E-state index is 12.3. The molecular formula is C12H20F3N3. The Morgan fingerprint density at radius 1 is 1.22 bits per heavy atom. The fraction of sp³-hybridized carbons (Fsp3) is 0.750. The monoisotopic (exact) mass is 263 g/mol. The van der Waals surface area contributed by atoms with E-state index in [1.807, 2.05) is 0 Å². The summed E-state index contributed by atoms with van der Waals surface area (Å²) in [6, 6.07) is 0. The molecule has 6 heteroatoms. The largest absolute Gasteiger partial charge is 0.419 e. The summed E-state index contributed by atoms with van der Waals surface area (Å²) in [5.41, 5.74) is -0.431. The normalized spacial score (nSPS) is 13.0. The first-order valence-corrected chi connectivity index (χ1v) is 5.99. The second kappa shape index (κ2) is 5.73. The van der Waals surface area contributed by atoms with Crippen LogP contribution in [-0.2, 0) is 12.7 Å². The van der Waals surface area contributed by atoms with Gasteiger partial charge in [-0.2, -0.15) is 18.3 Å². The first-order chi connectivity index (χ1) is 8.18. The minimum absolute atomic E-state index is 0.266. The zero-order chi connectivity index (χ0) is 13.8. The van der Waals surface area contributed by atoms with Gasteiger partial charge in [0, 0.05) is 12.7 Å². The summed E-state index contributed by atoms with van der Waals surface area (Å²) in [4.78, 5) is 0. The first-order valence-electron chi connectivity index (χ1n) is 5.99. The van der Waals surface area contributed by atoms with E-state index in [1.165, 1.54) is 4.68 Å². The molecule has 1 rings (SSSR count). The molecule has 1 aromatic rings. The fourth-order valence-electron chi connectivity index (χ4n) is 1.41. The Morgan fingerprint density at radius 2 is 1.89 bits per heavy atom. The van der Waals surface area contributed by atoms with Gasteiger partial charge in [0.1, 0.15) is 0 Å². The summed E-state index contributed by atoms with van der Waals surface area (Å²) >= 11 is 0. The van der Waals surface area contributed by atoms with Crippen LogP contribution in [0.2, 0.25) is 0 Å². The van der Waals surface area contributed by atoms with Gasteiger partial charge in [-0.05, 0) is 18.4 Å². The SMILES string of the molecule is CC(C)(C)CCNCCn1cc(C(F)(F)F)cn1. The molecule has 0 aliphatic carbocycles. The van der Waals surface area contributed by atoms with Crippen molar-refractivity contribution in [2.24, 2.45) is 5.41 Å². The van der Waals surface area contributed by atoms with Gasteiger partial charge >= 0.3 is 6.18 Å². The molecule has 0 radical (unpaired) electrons.